The minimum Gasteiger partial charge on any atom is -0.477 e. The number of aliphatic hydroxyl groups is 2. The summed E-state index contributed by atoms with van der Waals surface area (Å²) in [4.78, 5) is 109. The van der Waals surface area contributed by atoms with Crippen LogP contribution in [0.4, 0.5) is 0 Å². The van der Waals surface area contributed by atoms with Gasteiger partial charge in [-0.3, -0.25) is 34.0 Å². The number of amides is 6. The third-order valence-electron chi connectivity index (χ3n) is 16.2. The highest BCUT2D eigenvalue weighted by atomic mass is 28.3. The molecule has 6 heterocycles. The average Bonchev–Trinajstić information content (AvgIpc) is 1.67. The van der Waals surface area contributed by atoms with Crippen molar-refractivity contribution in [3.05, 3.63) is 274 Å². The molecule has 580 valence electrons. The predicted octanol–water partition coefficient (Wildman–Crippen LogP) is 11.9. The van der Waals surface area contributed by atoms with E-state index in [0.29, 0.717) is 74.7 Å². The Kier molecular flexibility index (Phi) is 33.1. The van der Waals surface area contributed by atoms with Crippen molar-refractivity contribution >= 4 is 61.7 Å². The number of hydrogen-bond donors (Lipinski definition) is 7. The van der Waals surface area contributed by atoms with Crippen molar-refractivity contribution in [1.29, 1.82) is 5.26 Å². The highest BCUT2D eigenvalue weighted by molar-refractivity contribution is 6.83. The maximum absolute atomic E-state index is 12.8. The van der Waals surface area contributed by atoms with E-state index in [1.807, 2.05) is 196 Å². The number of carboxylic acid groups (broad SMARTS) is 1. The van der Waals surface area contributed by atoms with Crippen LogP contribution in [-0.4, -0.2) is 144 Å². The third-order valence-corrected chi connectivity index (χ3v) is 16.9. The minimum atomic E-state index is -1.33. The van der Waals surface area contributed by atoms with Gasteiger partial charge in [0, 0.05) is 59.7 Å². The average molecular weight is 1540 g/mol. The Morgan fingerprint density at radius 2 is 0.795 bits per heavy atom. The molecule has 13 rings (SSSR count). The number of aliphatic hydroxyl groups excluding tert-OH is 2. The number of benzene rings is 7. The number of aromatic nitrogens is 4. The van der Waals surface area contributed by atoms with E-state index in [1.54, 1.807) is 64.1 Å². The Morgan fingerprint density at radius 1 is 0.491 bits per heavy atom. The fourth-order valence-electron chi connectivity index (χ4n) is 10.5. The summed E-state index contributed by atoms with van der Waals surface area (Å²) in [5, 5.41) is 65.5. The van der Waals surface area contributed by atoms with Crippen LogP contribution in [0.3, 0.4) is 0 Å². The second-order valence-corrected chi connectivity index (χ2v) is 30.9. The normalized spacial score (nSPS) is 12.8. The van der Waals surface area contributed by atoms with Gasteiger partial charge in [-0.25, -0.2) is 14.9 Å². The largest absolute Gasteiger partial charge is 0.477 e. The summed E-state index contributed by atoms with van der Waals surface area (Å²) in [5.41, 5.74) is 16.6. The fourth-order valence-corrected chi connectivity index (χ4v) is 10.5. The van der Waals surface area contributed by atoms with Gasteiger partial charge in [-0.15, -0.1) is 5.06 Å². The van der Waals surface area contributed by atoms with Crippen molar-refractivity contribution in [2.45, 2.75) is 110 Å². The lowest BCUT2D eigenvalue weighted by Gasteiger charge is -2.16. The Labute approximate surface area is 646 Å². The molecule has 0 spiro atoms. The monoisotopic (exact) mass is 1540 g/mol. The highest BCUT2D eigenvalue weighted by Gasteiger charge is 2.36. The van der Waals surface area contributed by atoms with Gasteiger partial charge in [0.2, 0.25) is 0 Å². The number of aldehydes is 1. The number of aromatic carboxylic acids is 1. The summed E-state index contributed by atoms with van der Waals surface area (Å²) in [6.45, 7) is 12.6. The third kappa shape index (κ3) is 25.7. The number of hydroxylamine groups is 4. The number of rotatable bonds is 20. The maximum Gasteiger partial charge on any atom is 0.369 e. The van der Waals surface area contributed by atoms with Crippen LogP contribution >= 0.6 is 0 Å². The van der Waals surface area contributed by atoms with E-state index in [-0.39, 0.29) is 84.7 Å². The van der Waals surface area contributed by atoms with Crippen molar-refractivity contribution in [2.75, 3.05) is 13.2 Å². The number of aryl methyl sites for hydroxylation is 4. The van der Waals surface area contributed by atoms with E-state index in [2.05, 4.69) is 37.0 Å². The molecule has 2 fully saturated rings. The molecule has 8 N–H and O–H groups in total. The van der Waals surface area contributed by atoms with Crippen LogP contribution in [0.1, 0.15) is 107 Å². The van der Waals surface area contributed by atoms with Gasteiger partial charge in [0.25, 0.3) is 35.4 Å². The van der Waals surface area contributed by atoms with Gasteiger partial charge in [-0.1, -0.05) is 253 Å². The lowest BCUT2D eigenvalue weighted by atomic mass is 10.0. The molecular formula is C83H86N10O18Si. The van der Waals surface area contributed by atoms with E-state index >= 15 is 0 Å². The Morgan fingerprint density at radius 3 is 1.12 bits per heavy atom. The predicted molar refractivity (Wildman–Crippen MR) is 413 cm³/mol. The fraction of sp³-hybridized carbons (Fsp3) is 0.229. The molecule has 3 atom stereocenters. The molecule has 2 aliphatic rings. The van der Waals surface area contributed by atoms with Gasteiger partial charge < -0.3 is 59.4 Å². The lowest BCUT2D eigenvalue weighted by Crippen LogP contribution is -2.39. The molecule has 29 heteroatoms. The highest BCUT2D eigenvalue weighted by Crippen LogP contribution is 2.31. The number of carboxylic acids is 1. The van der Waals surface area contributed by atoms with Crippen LogP contribution in [0, 0.1) is 38.6 Å². The standard InChI is InChI=1S/C20H20N2O3.C20H18N2O3.C15H12N2O5.C11H9NO3.C9H13NO.C4H5NO3.C4H9NSi/c2*1-14-18(19(25-22-14)16-10-6-3-7-11-16)20(24)21-17(13-23)12-15-8-4-2-5-9-15;1-9-13(14(21-16-9)10-5-3-2-4-6-10)15(20)22-17-11(18)7-8-12(17)19;1-7-9(11(13)14)10(15-12-7)8-5-3-2-4-6-8;10-9(7-11)6-8-4-2-1-3-5-8;6-3-1-2-4(7)5(3)8;1-6(2,3)4-5/h2-11,17,23H,12-13H2,1H3,(H,21,24);2-11,13,17H,12H2,1H3,(H,21,24);2-6H,7-8H2,1H3;2-6H,1H3,(H,13,14);1-5,9,11H,6-7,10H2;8H,1-2H2;1-3H3/t2*17-;;;9-;;/m00..0../s1. The summed E-state index contributed by atoms with van der Waals surface area (Å²) >= 11 is 0. The molecule has 0 unspecified atom stereocenters. The van der Waals surface area contributed by atoms with Gasteiger partial charge in [0.1, 0.15) is 28.5 Å². The molecule has 0 radical (unpaired) electrons. The number of carbonyl (C=O) groups excluding carboxylic acids is 8. The quantitative estimate of drug-likeness (QED) is 0.0161. The van der Waals surface area contributed by atoms with E-state index in [9.17, 15) is 48.3 Å². The van der Waals surface area contributed by atoms with E-state index in [1.165, 1.54) is 5.56 Å². The Bertz CT molecular complexity index is 4900. The number of carbonyl (C=O) groups is 9. The van der Waals surface area contributed by atoms with E-state index in [0.717, 1.165) is 40.5 Å². The first-order valence-corrected chi connectivity index (χ1v) is 38.8. The molecule has 6 amide bonds. The zero-order valence-electron chi connectivity index (χ0n) is 62.6. The molecule has 0 bridgehead atoms. The van der Waals surface area contributed by atoms with Crippen molar-refractivity contribution in [1.82, 2.24) is 41.4 Å². The molecule has 0 aliphatic carbocycles. The van der Waals surface area contributed by atoms with Gasteiger partial charge in [0.15, 0.2) is 31.1 Å². The van der Waals surface area contributed by atoms with Gasteiger partial charge in [-0.2, -0.15) is 5.06 Å². The zero-order chi connectivity index (χ0) is 81.3. The van der Waals surface area contributed by atoms with Crippen LogP contribution in [0.15, 0.2) is 230 Å². The number of nitrogens with one attached hydrogen (secondary N) is 2. The van der Waals surface area contributed by atoms with Crippen molar-refractivity contribution < 1.29 is 86.6 Å². The molecule has 0 saturated carbocycles. The molecule has 7 aromatic carbocycles. The molecule has 2 saturated heterocycles. The lowest BCUT2D eigenvalue weighted by molar-refractivity contribution is -0.173. The van der Waals surface area contributed by atoms with Crippen molar-refractivity contribution in [2.24, 2.45) is 5.73 Å². The number of nitrogens with two attached hydrogens (primary N) is 1. The zero-order valence-corrected chi connectivity index (χ0v) is 63.6. The number of nitrogens with zero attached hydrogens (tertiary/aromatic N) is 7. The van der Waals surface area contributed by atoms with Crippen LogP contribution in [0.25, 0.3) is 45.3 Å². The molecule has 11 aromatic rings. The molecule has 2 aliphatic heterocycles. The van der Waals surface area contributed by atoms with Gasteiger partial charge in [-0.05, 0) is 63.6 Å². The maximum atomic E-state index is 12.8. The van der Waals surface area contributed by atoms with Crippen molar-refractivity contribution in [3.8, 4) is 51.0 Å². The minimum absolute atomic E-state index is 0.0419. The topological polar surface area (TPSA) is 428 Å². The smallest absolute Gasteiger partial charge is 0.369 e. The van der Waals surface area contributed by atoms with Crippen LogP contribution in [0.2, 0.25) is 19.6 Å². The number of imide groups is 2. The Hall–Kier alpha value is -13.2. The van der Waals surface area contributed by atoms with E-state index < -0.39 is 49.7 Å². The number of hydrogen-bond acceptors (Lipinski definition) is 23. The molecular weight excluding hydrogens is 1450 g/mol. The first-order valence-electron chi connectivity index (χ1n) is 35.3. The summed E-state index contributed by atoms with van der Waals surface area (Å²) < 4.78 is 20.9. The summed E-state index contributed by atoms with van der Waals surface area (Å²) in [6.07, 6.45) is 2.85. The summed E-state index contributed by atoms with van der Waals surface area (Å²) in [5.74, 6) is -3.23. The van der Waals surface area contributed by atoms with Crippen LogP contribution in [-0.2, 0) is 48.1 Å². The number of nitriles is 1. The Balaban J connectivity index is 0.000000190. The summed E-state index contributed by atoms with van der Waals surface area (Å²) in [7, 11) is -1.33. The molecule has 28 nitrogen and oxygen atoms in total. The van der Waals surface area contributed by atoms with Crippen LogP contribution in [0.5, 0.6) is 0 Å². The van der Waals surface area contributed by atoms with Gasteiger partial charge in [0.05, 0.1) is 48.1 Å². The molecule has 4 aromatic heterocycles. The van der Waals surface area contributed by atoms with Crippen LogP contribution < -0.4 is 16.4 Å². The van der Waals surface area contributed by atoms with Gasteiger partial charge >= 0.3 is 11.9 Å². The molecule has 112 heavy (non-hydrogen) atoms. The van der Waals surface area contributed by atoms with E-state index in [4.69, 9.17) is 49.3 Å². The van der Waals surface area contributed by atoms with Crippen molar-refractivity contribution in [3.63, 3.8) is 0 Å². The SMILES string of the molecule is C[Si](C)(C)C#N.Cc1noc(-c2ccccc2)c1C(=O)N[C@H](C=O)Cc1ccccc1.Cc1noc(-c2ccccc2)c1C(=O)N[C@H](CO)Cc1ccccc1.Cc1noc(-c2ccccc2)c1C(=O)O.Cc1noc(-c2ccccc2)c1C(=O)ON1C(=O)CCC1=O.N[C@H](CO)Cc1ccccc1.O=C1CCC(=O)N1O. The summed E-state index contributed by atoms with van der Waals surface area (Å²) in [6, 6.07) is 64.7. The second-order valence-electron chi connectivity index (χ2n) is 26.2. The second kappa shape index (κ2) is 43.1. The first kappa shape index (κ1) is 86.0. The first-order chi connectivity index (χ1) is 53.7.